The number of rotatable bonds is 4. The van der Waals surface area contributed by atoms with Crippen LogP contribution in [-0.2, 0) is 0 Å². The highest BCUT2D eigenvalue weighted by atomic mass is 32.7. The van der Waals surface area contributed by atoms with Crippen molar-refractivity contribution in [2.75, 3.05) is 19.8 Å². The molecule has 58 valence electrons. The molecule has 5 heteroatoms. The lowest BCUT2D eigenvalue weighted by Gasteiger charge is -2.14. The van der Waals surface area contributed by atoms with E-state index in [1.807, 2.05) is 20.2 Å². The fourth-order valence-electron chi connectivity index (χ4n) is 0.288. The Labute approximate surface area is 66.7 Å². The van der Waals surface area contributed by atoms with E-state index in [1.165, 1.54) is 11.4 Å². The van der Waals surface area contributed by atoms with Crippen molar-refractivity contribution < 1.29 is 4.89 Å². The third-order valence-electron chi connectivity index (χ3n) is 0.763. The van der Waals surface area contributed by atoms with Crippen LogP contribution in [0.25, 0.3) is 0 Å². The van der Waals surface area contributed by atoms with Crippen LogP contribution in [0.1, 0.15) is 6.42 Å². The van der Waals surface area contributed by atoms with Crippen molar-refractivity contribution >= 4 is 18.9 Å². The highest BCUT2D eigenvalue weighted by Gasteiger charge is 2.05. The average Bonchev–Trinajstić information content (AvgIpc) is 1.88. The average molecular weight is 178 g/mol. The van der Waals surface area contributed by atoms with E-state index in [2.05, 4.69) is 0 Å². The van der Waals surface area contributed by atoms with Gasteiger partial charge in [-0.1, -0.05) is 11.4 Å². The van der Waals surface area contributed by atoms with Crippen LogP contribution in [-0.4, -0.2) is 29.4 Å². The van der Waals surface area contributed by atoms with Gasteiger partial charge in [-0.05, 0) is 14.1 Å². The third-order valence-corrected chi connectivity index (χ3v) is 4.29. The topological polar surface area (TPSA) is 47.3 Å². The molecule has 1 unspecified atom stereocenters. The molecule has 0 radical (unpaired) electrons. The minimum absolute atomic E-state index is 0.512. The van der Waals surface area contributed by atoms with Gasteiger partial charge in [0, 0.05) is 12.2 Å². The summed E-state index contributed by atoms with van der Waals surface area (Å²) in [5.41, 5.74) is 0. The lowest BCUT2D eigenvalue weighted by molar-refractivity contribution is 0.548. The largest absolute Gasteiger partial charge is 0.351 e. The molecule has 0 aromatic rings. The van der Waals surface area contributed by atoms with Crippen molar-refractivity contribution in [2.45, 2.75) is 6.42 Å². The van der Waals surface area contributed by atoms with Crippen molar-refractivity contribution in [1.29, 1.82) is 5.26 Å². The zero-order chi connectivity index (χ0) is 7.98. The van der Waals surface area contributed by atoms with E-state index in [-0.39, 0.29) is 0 Å². The van der Waals surface area contributed by atoms with Crippen LogP contribution in [0, 0.1) is 11.3 Å². The van der Waals surface area contributed by atoms with Crippen molar-refractivity contribution in [3.8, 4) is 6.07 Å². The van der Waals surface area contributed by atoms with Gasteiger partial charge in [0.15, 0.2) is 7.50 Å². The molecule has 0 aromatic heterocycles. The molecule has 0 heterocycles. The van der Waals surface area contributed by atoms with Crippen LogP contribution in [0.3, 0.4) is 0 Å². The smallest absolute Gasteiger partial charge is 0.166 e. The van der Waals surface area contributed by atoms with Gasteiger partial charge < -0.3 is 4.89 Å². The number of nitriles is 1. The van der Waals surface area contributed by atoms with E-state index in [4.69, 9.17) is 5.26 Å². The predicted octanol–water partition coefficient (Wildman–Crippen LogP) is 1.41. The molecular weight excluding hydrogens is 167 g/mol. The SMILES string of the molecule is CN(C)P(O)SCCC#N. The molecule has 10 heavy (non-hydrogen) atoms. The highest BCUT2D eigenvalue weighted by Crippen LogP contribution is 2.46. The molecule has 1 N–H and O–H groups in total. The second kappa shape index (κ2) is 5.94. The minimum Gasteiger partial charge on any atom is -0.351 e. The summed E-state index contributed by atoms with van der Waals surface area (Å²) in [5.74, 6) is 0.719. The fraction of sp³-hybridized carbons (Fsp3) is 0.800. The molecule has 0 spiro atoms. The molecular formula is C5H11N2OPS. The summed E-state index contributed by atoms with van der Waals surface area (Å²) in [5, 5.41) is 8.17. The second-order valence-electron chi connectivity index (χ2n) is 1.84. The van der Waals surface area contributed by atoms with Gasteiger partial charge in [-0.3, -0.25) is 4.67 Å². The van der Waals surface area contributed by atoms with Crippen LogP contribution < -0.4 is 0 Å². The van der Waals surface area contributed by atoms with E-state index in [0.717, 1.165) is 5.75 Å². The first-order chi connectivity index (χ1) is 4.68. The van der Waals surface area contributed by atoms with Gasteiger partial charge in [-0.15, -0.1) is 0 Å². The number of hydrogen-bond donors (Lipinski definition) is 1. The minimum atomic E-state index is -1.05. The van der Waals surface area contributed by atoms with Gasteiger partial charge >= 0.3 is 0 Å². The van der Waals surface area contributed by atoms with Crippen molar-refractivity contribution in [2.24, 2.45) is 0 Å². The van der Waals surface area contributed by atoms with Crippen LogP contribution in [0.15, 0.2) is 0 Å². The highest BCUT2D eigenvalue weighted by molar-refractivity contribution is 8.53. The van der Waals surface area contributed by atoms with Gasteiger partial charge in [-0.25, -0.2) is 0 Å². The molecule has 1 atom stereocenters. The lowest BCUT2D eigenvalue weighted by atomic mass is 10.6. The van der Waals surface area contributed by atoms with Crippen LogP contribution in [0.4, 0.5) is 0 Å². The summed E-state index contributed by atoms with van der Waals surface area (Å²) in [7, 11) is 2.60. The van der Waals surface area contributed by atoms with Gasteiger partial charge in [0.1, 0.15) is 0 Å². The first-order valence-corrected chi connectivity index (χ1v) is 5.68. The molecule has 3 nitrogen and oxygen atoms in total. The Morgan fingerprint density at radius 2 is 2.30 bits per heavy atom. The summed E-state index contributed by atoms with van der Waals surface area (Å²) in [4.78, 5) is 9.20. The van der Waals surface area contributed by atoms with Crippen LogP contribution >= 0.6 is 18.9 Å². The molecule has 0 aliphatic carbocycles. The van der Waals surface area contributed by atoms with Crippen LogP contribution in [0.5, 0.6) is 0 Å². The molecule has 0 aliphatic heterocycles. The summed E-state index contributed by atoms with van der Waals surface area (Å²) < 4.78 is 1.76. The molecule has 0 bridgehead atoms. The Morgan fingerprint density at radius 3 is 2.70 bits per heavy atom. The number of hydrogen-bond acceptors (Lipinski definition) is 4. The molecule has 0 fully saturated rings. The standard InChI is InChI=1S/C5H11N2OPS/c1-7(2)9(8)10-5-3-4-6/h8H,3,5H2,1-2H3. The van der Waals surface area contributed by atoms with Crippen LogP contribution in [0.2, 0.25) is 0 Å². The monoisotopic (exact) mass is 178 g/mol. The second-order valence-corrected chi connectivity index (χ2v) is 5.57. The summed E-state index contributed by atoms with van der Waals surface area (Å²) in [6.45, 7) is 0. The maximum Gasteiger partial charge on any atom is 0.166 e. The molecule has 0 amide bonds. The summed E-state index contributed by atoms with van der Waals surface area (Å²) in [6.07, 6.45) is 0.512. The lowest BCUT2D eigenvalue weighted by Crippen LogP contribution is -2.00. The van der Waals surface area contributed by atoms with E-state index in [9.17, 15) is 4.89 Å². The van der Waals surface area contributed by atoms with Gasteiger partial charge in [0.05, 0.1) is 6.07 Å². The van der Waals surface area contributed by atoms with E-state index >= 15 is 0 Å². The van der Waals surface area contributed by atoms with Crippen molar-refractivity contribution in [1.82, 2.24) is 4.67 Å². The van der Waals surface area contributed by atoms with Crippen molar-refractivity contribution in [3.63, 3.8) is 0 Å². The zero-order valence-corrected chi connectivity index (χ0v) is 7.82. The van der Waals surface area contributed by atoms with Gasteiger partial charge in [0.2, 0.25) is 0 Å². The third kappa shape index (κ3) is 5.01. The molecule has 0 saturated heterocycles. The first-order valence-electron chi connectivity index (χ1n) is 2.84. The summed E-state index contributed by atoms with van der Waals surface area (Å²) in [6, 6.07) is 2.02. The Morgan fingerprint density at radius 1 is 1.70 bits per heavy atom. The quantitative estimate of drug-likeness (QED) is 0.522. The Bertz CT molecular complexity index is 125. The Balaban J connectivity index is 3.23. The maximum absolute atomic E-state index is 9.20. The maximum atomic E-state index is 9.20. The first kappa shape index (κ1) is 10.2. The Hall–Kier alpha value is 0.190. The zero-order valence-electron chi connectivity index (χ0n) is 6.11. The van der Waals surface area contributed by atoms with Gasteiger partial charge in [0.25, 0.3) is 0 Å². The van der Waals surface area contributed by atoms with E-state index in [1.54, 1.807) is 4.67 Å². The van der Waals surface area contributed by atoms with Gasteiger partial charge in [-0.2, -0.15) is 5.26 Å². The molecule has 0 aliphatic rings. The Kier molecular flexibility index (Phi) is 6.05. The molecule has 0 saturated carbocycles. The van der Waals surface area contributed by atoms with E-state index < -0.39 is 7.50 Å². The number of nitrogens with zero attached hydrogens (tertiary/aromatic N) is 2. The van der Waals surface area contributed by atoms with E-state index in [0.29, 0.717) is 6.42 Å². The van der Waals surface area contributed by atoms with Crippen molar-refractivity contribution in [3.05, 3.63) is 0 Å². The summed E-state index contributed by atoms with van der Waals surface area (Å²) >= 11 is 1.43. The normalized spacial score (nSPS) is 13.1. The molecule has 0 rings (SSSR count). The predicted molar refractivity (Wildman–Crippen MR) is 45.5 cm³/mol. The molecule has 0 aromatic carbocycles. The fourth-order valence-corrected chi connectivity index (χ4v) is 2.32.